The van der Waals surface area contributed by atoms with E-state index in [4.69, 9.17) is 10.4 Å². The van der Waals surface area contributed by atoms with Gasteiger partial charge in [0.1, 0.15) is 17.4 Å². The third-order valence-electron chi connectivity index (χ3n) is 1.59. The molecule has 1 aromatic rings. The van der Waals surface area contributed by atoms with Crippen LogP contribution in [0.5, 0.6) is 5.75 Å². The molecule has 0 aliphatic heterocycles. The smallest absolute Gasteiger partial charge is 0.328 e. The highest BCUT2D eigenvalue weighted by Crippen LogP contribution is 2.20. The molecule has 0 aliphatic rings. The molecule has 0 heterocycles. The standard InChI is InChI=1S/C10H7NO3/c11-6-8-7(4-5-10(13)14)2-1-3-9(8)12/h1-5,12H,(H,13,14)/b5-4+. The average Bonchev–Trinajstić information content (AvgIpc) is 2.14. The fraction of sp³-hybridized carbons (Fsp3) is 0. The molecule has 1 rings (SSSR count). The number of carboxylic acid groups (broad SMARTS) is 1. The number of aliphatic carboxylic acids is 1. The number of phenolic OH excluding ortho intramolecular Hbond substituents is 1. The molecule has 0 aromatic heterocycles. The lowest BCUT2D eigenvalue weighted by Gasteiger charge is -1.98. The number of carboxylic acids is 1. The van der Waals surface area contributed by atoms with Crippen LogP contribution in [0.3, 0.4) is 0 Å². The Hall–Kier alpha value is -2.28. The quantitative estimate of drug-likeness (QED) is 0.688. The molecule has 0 bridgehead atoms. The minimum absolute atomic E-state index is 0.0741. The van der Waals surface area contributed by atoms with Crippen LogP contribution in [-0.4, -0.2) is 16.2 Å². The minimum Gasteiger partial charge on any atom is -0.507 e. The van der Waals surface area contributed by atoms with Crippen LogP contribution < -0.4 is 0 Å². The summed E-state index contributed by atoms with van der Waals surface area (Å²) in [7, 11) is 0. The highest BCUT2D eigenvalue weighted by atomic mass is 16.4. The van der Waals surface area contributed by atoms with Crippen molar-refractivity contribution >= 4 is 12.0 Å². The molecule has 4 nitrogen and oxygen atoms in total. The normalized spacial score (nSPS) is 9.93. The number of hydrogen-bond acceptors (Lipinski definition) is 3. The first-order chi connectivity index (χ1) is 6.65. The average molecular weight is 189 g/mol. The van der Waals surface area contributed by atoms with E-state index >= 15 is 0 Å². The SMILES string of the molecule is N#Cc1c(O)cccc1/C=C/C(=O)O. The molecule has 0 saturated heterocycles. The van der Waals surface area contributed by atoms with Gasteiger partial charge in [-0.25, -0.2) is 4.79 Å². The molecule has 14 heavy (non-hydrogen) atoms. The minimum atomic E-state index is -1.10. The number of carbonyl (C=O) groups is 1. The number of rotatable bonds is 2. The van der Waals surface area contributed by atoms with Gasteiger partial charge in [0, 0.05) is 6.08 Å². The summed E-state index contributed by atoms with van der Waals surface area (Å²) in [6.45, 7) is 0. The van der Waals surface area contributed by atoms with Gasteiger partial charge in [0.2, 0.25) is 0 Å². The lowest BCUT2D eigenvalue weighted by molar-refractivity contribution is -0.131. The van der Waals surface area contributed by atoms with E-state index in [1.54, 1.807) is 12.1 Å². The summed E-state index contributed by atoms with van der Waals surface area (Å²) < 4.78 is 0. The first kappa shape index (κ1) is 9.81. The summed E-state index contributed by atoms with van der Waals surface area (Å²) in [5, 5.41) is 26.3. The van der Waals surface area contributed by atoms with Gasteiger partial charge >= 0.3 is 5.97 Å². The van der Waals surface area contributed by atoms with Gasteiger partial charge in [-0.15, -0.1) is 0 Å². The van der Waals surface area contributed by atoms with Crippen LogP contribution in [0.2, 0.25) is 0 Å². The molecule has 0 fully saturated rings. The Morgan fingerprint density at radius 1 is 1.50 bits per heavy atom. The van der Waals surface area contributed by atoms with Gasteiger partial charge < -0.3 is 10.2 Å². The fourth-order valence-electron chi connectivity index (χ4n) is 0.979. The van der Waals surface area contributed by atoms with Gasteiger partial charge in [-0.2, -0.15) is 5.26 Å². The number of hydrogen-bond donors (Lipinski definition) is 2. The summed E-state index contributed by atoms with van der Waals surface area (Å²) in [6.07, 6.45) is 2.18. The molecule has 0 atom stereocenters. The van der Waals surface area contributed by atoms with Crippen molar-refractivity contribution in [3.8, 4) is 11.8 Å². The van der Waals surface area contributed by atoms with Gasteiger partial charge in [0.25, 0.3) is 0 Å². The highest BCUT2D eigenvalue weighted by molar-refractivity contribution is 5.86. The van der Waals surface area contributed by atoms with Crippen molar-refractivity contribution in [2.45, 2.75) is 0 Å². The van der Waals surface area contributed by atoms with E-state index in [2.05, 4.69) is 0 Å². The van der Waals surface area contributed by atoms with Gasteiger partial charge in [0.15, 0.2) is 0 Å². The van der Waals surface area contributed by atoms with Crippen LogP contribution >= 0.6 is 0 Å². The number of nitrogens with zero attached hydrogens (tertiary/aromatic N) is 1. The maximum atomic E-state index is 10.2. The third kappa shape index (κ3) is 2.11. The Morgan fingerprint density at radius 2 is 2.21 bits per heavy atom. The van der Waals surface area contributed by atoms with Crippen molar-refractivity contribution in [3.05, 3.63) is 35.4 Å². The summed E-state index contributed by atoms with van der Waals surface area (Å²) in [6, 6.07) is 6.26. The van der Waals surface area contributed by atoms with E-state index in [9.17, 15) is 9.90 Å². The van der Waals surface area contributed by atoms with E-state index in [1.807, 2.05) is 0 Å². The fourth-order valence-corrected chi connectivity index (χ4v) is 0.979. The number of aromatic hydroxyl groups is 1. The van der Waals surface area contributed by atoms with Crippen molar-refractivity contribution in [1.82, 2.24) is 0 Å². The Balaban J connectivity index is 3.16. The van der Waals surface area contributed by atoms with Crippen LogP contribution in [-0.2, 0) is 4.79 Å². The largest absolute Gasteiger partial charge is 0.507 e. The van der Waals surface area contributed by atoms with E-state index in [0.717, 1.165) is 6.08 Å². The monoisotopic (exact) mass is 189 g/mol. The first-order valence-corrected chi connectivity index (χ1v) is 3.78. The predicted molar refractivity (Wildman–Crippen MR) is 49.5 cm³/mol. The molecule has 0 saturated carbocycles. The maximum absolute atomic E-state index is 10.2. The molecule has 4 heteroatoms. The summed E-state index contributed by atoms with van der Waals surface area (Å²) in [5.41, 5.74) is 0.458. The molecule has 1 aromatic carbocycles. The first-order valence-electron chi connectivity index (χ1n) is 3.78. The summed E-state index contributed by atoms with van der Waals surface area (Å²) >= 11 is 0. The van der Waals surface area contributed by atoms with Crippen LogP contribution in [0.4, 0.5) is 0 Å². The lowest BCUT2D eigenvalue weighted by atomic mass is 10.1. The second kappa shape index (κ2) is 4.10. The number of phenols is 1. The molecule has 0 unspecified atom stereocenters. The van der Waals surface area contributed by atoms with E-state index < -0.39 is 5.97 Å². The Bertz CT molecular complexity index is 429. The van der Waals surface area contributed by atoms with Gasteiger partial charge in [0.05, 0.1) is 0 Å². The maximum Gasteiger partial charge on any atom is 0.328 e. The molecule has 0 amide bonds. The van der Waals surface area contributed by atoms with E-state index in [1.165, 1.54) is 18.2 Å². The van der Waals surface area contributed by atoms with Gasteiger partial charge in [-0.3, -0.25) is 0 Å². The molecule has 0 aliphatic carbocycles. The zero-order valence-corrected chi connectivity index (χ0v) is 7.14. The van der Waals surface area contributed by atoms with Crippen molar-refractivity contribution in [2.75, 3.05) is 0 Å². The number of nitriles is 1. The molecular weight excluding hydrogens is 182 g/mol. The third-order valence-corrected chi connectivity index (χ3v) is 1.59. The zero-order chi connectivity index (χ0) is 10.6. The second-order valence-electron chi connectivity index (χ2n) is 2.52. The van der Waals surface area contributed by atoms with Crippen LogP contribution in [0, 0.1) is 11.3 Å². The van der Waals surface area contributed by atoms with Crippen LogP contribution in [0.1, 0.15) is 11.1 Å². The Labute approximate surface area is 80.3 Å². The molecule has 0 spiro atoms. The van der Waals surface area contributed by atoms with Gasteiger partial charge in [-0.05, 0) is 17.7 Å². The van der Waals surface area contributed by atoms with E-state index in [-0.39, 0.29) is 11.3 Å². The molecular formula is C10H7NO3. The Kier molecular flexibility index (Phi) is 2.87. The Morgan fingerprint density at radius 3 is 2.79 bits per heavy atom. The predicted octanol–water partition coefficient (Wildman–Crippen LogP) is 1.36. The van der Waals surface area contributed by atoms with Crippen molar-refractivity contribution < 1.29 is 15.0 Å². The second-order valence-corrected chi connectivity index (χ2v) is 2.52. The zero-order valence-electron chi connectivity index (χ0n) is 7.14. The molecule has 2 N–H and O–H groups in total. The summed E-state index contributed by atoms with van der Waals surface area (Å²) in [4.78, 5) is 10.2. The lowest BCUT2D eigenvalue weighted by Crippen LogP contribution is -1.87. The topological polar surface area (TPSA) is 81.3 Å². The molecule has 70 valence electrons. The van der Waals surface area contributed by atoms with E-state index in [0.29, 0.717) is 5.56 Å². The highest BCUT2D eigenvalue weighted by Gasteiger charge is 2.03. The molecule has 0 radical (unpaired) electrons. The van der Waals surface area contributed by atoms with Crippen molar-refractivity contribution in [2.24, 2.45) is 0 Å². The van der Waals surface area contributed by atoms with Crippen LogP contribution in [0.25, 0.3) is 6.08 Å². The van der Waals surface area contributed by atoms with Crippen LogP contribution in [0.15, 0.2) is 24.3 Å². The number of benzene rings is 1. The van der Waals surface area contributed by atoms with Gasteiger partial charge in [-0.1, -0.05) is 12.1 Å². The van der Waals surface area contributed by atoms with Crippen molar-refractivity contribution in [3.63, 3.8) is 0 Å². The summed E-state index contributed by atoms with van der Waals surface area (Å²) in [5.74, 6) is -1.25. The van der Waals surface area contributed by atoms with Crippen molar-refractivity contribution in [1.29, 1.82) is 5.26 Å².